The van der Waals surface area contributed by atoms with Gasteiger partial charge in [0.2, 0.25) is 0 Å². The van der Waals surface area contributed by atoms with Crippen LogP contribution in [0.3, 0.4) is 0 Å². The molecule has 0 radical (unpaired) electrons. The first-order chi connectivity index (χ1) is 9.40. The first-order valence-electron chi connectivity index (χ1n) is 6.90. The lowest BCUT2D eigenvalue weighted by Gasteiger charge is -2.14. The first-order valence-corrected chi connectivity index (χ1v) is 6.90. The molecule has 110 valence electrons. The van der Waals surface area contributed by atoms with Crippen molar-refractivity contribution in [3.63, 3.8) is 0 Å². The van der Waals surface area contributed by atoms with Crippen LogP contribution in [0.1, 0.15) is 60.9 Å². The zero-order chi connectivity index (χ0) is 15.1. The van der Waals surface area contributed by atoms with Crippen molar-refractivity contribution in [2.45, 2.75) is 46.1 Å². The molecule has 1 unspecified atom stereocenters. The summed E-state index contributed by atoms with van der Waals surface area (Å²) in [5, 5.41) is 11.6. The molecule has 0 saturated heterocycles. The van der Waals surface area contributed by atoms with Gasteiger partial charge >= 0.3 is 5.97 Å². The van der Waals surface area contributed by atoms with Crippen molar-refractivity contribution in [1.29, 1.82) is 0 Å². The molecule has 0 aliphatic rings. The number of pyridine rings is 1. The molecule has 1 heterocycles. The summed E-state index contributed by atoms with van der Waals surface area (Å²) in [6, 6.07) is 2.91. The molecule has 0 bridgehead atoms. The molecule has 0 spiro atoms. The number of hydrogen-bond donors (Lipinski definition) is 2. The molecule has 1 aromatic rings. The fraction of sp³-hybridized carbons (Fsp3) is 0.533. The van der Waals surface area contributed by atoms with E-state index in [-0.39, 0.29) is 17.6 Å². The number of carbonyl (C=O) groups is 2. The molecule has 0 aliphatic heterocycles. The number of carboxylic acid groups (broad SMARTS) is 1. The highest BCUT2D eigenvalue weighted by Crippen LogP contribution is 2.09. The molecule has 1 amide bonds. The van der Waals surface area contributed by atoms with Crippen LogP contribution in [-0.4, -0.2) is 28.0 Å². The molecular formula is C15H22N2O3. The lowest BCUT2D eigenvalue weighted by molar-refractivity contribution is 0.0689. The van der Waals surface area contributed by atoms with Crippen molar-refractivity contribution >= 4 is 11.9 Å². The van der Waals surface area contributed by atoms with Crippen LogP contribution in [0.25, 0.3) is 0 Å². The van der Waals surface area contributed by atoms with Gasteiger partial charge in [-0.1, -0.05) is 26.7 Å². The van der Waals surface area contributed by atoms with E-state index in [1.54, 1.807) is 0 Å². The fourth-order valence-corrected chi connectivity index (χ4v) is 1.87. The molecule has 2 N–H and O–H groups in total. The van der Waals surface area contributed by atoms with Crippen molar-refractivity contribution in [3.8, 4) is 0 Å². The second-order valence-electron chi connectivity index (χ2n) is 5.44. The van der Waals surface area contributed by atoms with E-state index in [4.69, 9.17) is 5.11 Å². The Morgan fingerprint density at radius 1 is 1.25 bits per heavy atom. The minimum absolute atomic E-state index is 0.0634. The van der Waals surface area contributed by atoms with Crippen LogP contribution < -0.4 is 5.32 Å². The number of hydrogen-bond acceptors (Lipinski definition) is 3. The Morgan fingerprint density at radius 2 is 1.95 bits per heavy atom. The van der Waals surface area contributed by atoms with Gasteiger partial charge in [0.1, 0.15) is 5.69 Å². The third kappa shape index (κ3) is 5.38. The summed E-state index contributed by atoms with van der Waals surface area (Å²) in [5.41, 5.74) is 0.317. The average Bonchev–Trinajstić information content (AvgIpc) is 2.38. The highest BCUT2D eigenvalue weighted by atomic mass is 16.4. The van der Waals surface area contributed by atoms with E-state index in [1.807, 2.05) is 6.92 Å². The maximum Gasteiger partial charge on any atom is 0.354 e. The minimum Gasteiger partial charge on any atom is -0.477 e. The Hall–Kier alpha value is -1.91. The van der Waals surface area contributed by atoms with E-state index in [0.717, 1.165) is 19.3 Å². The summed E-state index contributed by atoms with van der Waals surface area (Å²) in [7, 11) is 0. The number of aromatic nitrogens is 1. The summed E-state index contributed by atoms with van der Waals surface area (Å²) in [5.74, 6) is -0.642. The van der Waals surface area contributed by atoms with Gasteiger partial charge in [-0.2, -0.15) is 0 Å². The first kappa shape index (κ1) is 16.1. The summed E-state index contributed by atoms with van der Waals surface area (Å²) in [6.07, 6.45) is 4.45. The van der Waals surface area contributed by atoms with Gasteiger partial charge in [0, 0.05) is 12.2 Å². The lowest BCUT2D eigenvalue weighted by atomic mass is 10.0. The molecule has 20 heavy (non-hydrogen) atoms. The third-order valence-electron chi connectivity index (χ3n) is 3.04. The maximum atomic E-state index is 11.9. The quantitative estimate of drug-likeness (QED) is 0.803. The summed E-state index contributed by atoms with van der Waals surface area (Å²) < 4.78 is 0. The van der Waals surface area contributed by atoms with Crippen LogP contribution in [0.15, 0.2) is 18.3 Å². The van der Waals surface area contributed by atoms with Crippen LogP contribution in [0.5, 0.6) is 0 Å². The predicted molar refractivity (Wildman–Crippen MR) is 76.8 cm³/mol. The van der Waals surface area contributed by atoms with E-state index < -0.39 is 5.97 Å². The van der Waals surface area contributed by atoms with Crippen LogP contribution in [0.2, 0.25) is 0 Å². The number of nitrogens with zero attached hydrogens (tertiary/aromatic N) is 1. The molecule has 5 heteroatoms. The van der Waals surface area contributed by atoms with Gasteiger partial charge in [0.25, 0.3) is 5.91 Å². The van der Waals surface area contributed by atoms with Gasteiger partial charge < -0.3 is 10.4 Å². The normalized spacial score (nSPS) is 12.2. The van der Waals surface area contributed by atoms with Gasteiger partial charge in [-0.15, -0.1) is 0 Å². The Balaban J connectivity index is 2.47. The lowest BCUT2D eigenvalue weighted by Crippen LogP contribution is -2.32. The molecule has 5 nitrogen and oxygen atoms in total. The Labute approximate surface area is 119 Å². The third-order valence-corrected chi connectivity index (χ3v) is 3.04. The zero-order valence-corrected chi connectivity index (χ0v) is 12.2. The Bertz CT molecular complexity index is 455. The van der Waals surface area contributed by atoms with Gasteiger partial charge in [-0.3, -0.25) is 4.79 Å². The largest absolute Gasteiger partial charge is 0.477 e. The zero-order valence-electron chi connectivity index (χ0n) is 12.2. The van der Waals surface area contributed by atoms with Crippen LogP contribution in [0, 0.1) is 5.92 Å². The minimum atomic E-state index is -1.10. The predicted octanol–water partition coefficient (Wildman–Crippen LogP) is 2.72. The average molecular weight is 278 g/mol. The van der Waals surface area contributed by atoms with E-state index in [0.29, 0.717) is 11.5 Å². The smallest absolute Gasteiger partial charge is 0.354 e. The second kappa shape index (κ2) is 7.62. The van der Waals surface area contributed by atoms with Crippen molar-refractivity contribution in [2.75, 3.05) is 0 Å². The summed E-state index contributed by atoms with van der Waals surface area (Å²) in [6.45, 7) is 6.33. The number of amides is 1. The molecule has 1 atom stereocenters. The standard InChI is InChI=1S/C15H22N2O3/c1-10(2)5-4-6-11(3)17-14(18)12-7-8-13(15(19)20)16-9-12/h7-11H,4-6H2,1-3H3,(H,17,18)(H,19,20). The van der Waals surface area contributed by atoms with Gasteiger partial charge in [-0.25, -0.2) is 9.78 Å². The molecule has 1 rings (SSSR count). The van der Waals surface area contributed by atoms with Crippen molar-refractivity contribution in [2.24, 2.45) is 5.92 Å². The van der Waals surface area contributed by atoms with Gasteiger partial charge in [-0.05, 0) is 31.4 Å². The van der Waals surface area contributed by atoms with E-state index in [2.05, 4.69) is 24.1 Å². The SMILES string of the molecule is CC(C)CCCC(C)NC(=O)c1ccc(C(=O)O)nc1. The Morgan fingerprint density at radius 3 is 2.45 bits per heavy atom. The summed E-state index contributed by atoms with van der Waals surface area (Å²) in [4.78, 5) is 26.3. The molecule has 0 fully saturated rings. The topological polar surface area (TPSA) is 79.3 Å². The highest BCUT2D eigenvalue weighted by Gasteiger charge is 2.11. The van der Waals surface area contributed by atoms with E-state index in [1.165, 1.54) is 18.3 Å². The van der Waals surface area contributed by atoms with Crippen molar-refractivity contribution in [1.82, 2.24) is 10.3 Å². The number of rotatable bonds is 7. The summed E-state index contributed by atoms with van der Waals surface area (Å²) >= 11 is 0. The second-order valence-corrected chi connectivity index (χ2v) is 5.44. The number of aromatic carboxylic acids is 1. The maximum absolute atomic E-state index is 11.9. The molecular weight excluding hydrogens is 256 g/mol. The Kier molecular flexibility index (Phi) is 6.15. The molecule has 0 saturated carbocycles. The number of carbonyl (C=O) groups excluding carboxylic acids is 1. The van der Waals surface area contributed by atoms with E-state index >= 15 is 0 Å². The monoisotopic (exact) mass is 278 g/mol. The highest BCUT2D eigenvalue weighted by molar-refractivity contribution is 5.95. The van der Waals surface area contributed by atoms with Crippen molar-refractivity contribution in [3.05, 3.63) is 29.6 Å². The van der Waals surface area contributed by atoms with Crippen molar-refractivity contribution < 1.29 is 14.7 Å². The number of carboxylic acids is 1. The van der Waals surface area contributed by atoms with Gasteiger partial charge in [0.15, 0.2) is 0 Å². The fourth-order valence-electron chi connectivity index (χ4n) is 1.87. The molecule has 0 aliphatic carbocycles. The van der Waals surface area contributed by atoms with Crippen LogP contribution in [-0.2, 0) is 0 Å². The molecule has 0 aromatic carbocycles. The number of nitrogens with one attached hydrogen (secondary N) is 1. The van der Waals surface area contributed by atoms with E-state index in [9.17, 15) is 9.59 Å². The van der Waals surface area contributed by atoms with Crippen LogP contribution >= 0.6 is 0 Å². The van der Waals surface area contributed by atoms with Gasteiger partial charge in [0.05, 0.1) is 5.56 Å². The van der Waals surface area contributed by atoms with Crippen LogP contribution in [0.4, 0.5) is 0 Å². The molecule has 1 aromatic heterocycles.